The van der Waals surface area contributed by atoms with E-state index in [2.05, 4.69) is 10.0 Å². The highest BCUT2D eigenvalue weighted by atomic mass is 32.2. The zero-order valence-corrected chi connectivity index (χ0v) is 13.9. The van der Waals surface area contributed by atoms with Crippen molar-refractivity contribution in [2.45, 2.75) is 38.1 Å². The van der Waals surface area contributed by atoms with Gasteiger partial charge in [-0.3, -0.25) is 0 Å². The fraction of sp³-hybridized carbons (Fsp3) is 0.600. The van der Waals surface area contributed by atoms with Gasteiger partial charge >= 0.3 is 0 Å². The van der Waals surface area contributed by atoms with Crippen LogP contribution in [0.1, 0.15) is 30.9 Å². The van der Waals surface area contributed by atoms with Crippen LogP contribution in [-0.4, -0.2) is 35.2 Å². The molecule has 1 aromatic rings. The Kier molecular flexibility index (Phi) is 7.88. The average molecular weight is 314 g/mol. The second kappa shape index (κ2) is 9.15. The third-order valence-electron chi connectivity index (χ3n) is 3.10. The third kappa shape index (κ3) is 6.13. The molecule has 0 aromatic heterocycles. The van der Waals surface area contributed by atoms with Crippen molar-refractivity contribution in [2.24, 2.45) is 0 Å². The first kappa shape index (κ1) is 18.1. The van der Waals surface area contributed by atoms with Crippen LogP contribution in [0.25, 0.3) is 0 Å². The van der Waals surface area contributed by atoms with Gasteiger partial charge in [-0.1, -0.05) is 13.0 Å². The largest absolute Gasteiger partial charge is 0.381 e. The number of benzene rings is 1. The van der Waals surface area contributed by atoms with Crippen LogP contribution in [-0.2, 0) is 21.3 Å². The molecule has 1 rings (SSSR count). The van der Waals surface area contributed by atoms with Gasteiger partial charge in [-0.15, -0.1) is 0 Å². The fourth-order valence-corrected chi connectivity index (χ4v) is 3.03. The van der Waals surface area contributed by atoms with Gasteiger partial charge in [-0.2, -0.15) is 0 Å². The Morgan fingerprint density at radius 1 is 1.24 bits per heavy atom. The lowest BCUT2D eigenvalue weighted by Crippen LogP contribution is -2.26. The van der Waals surface area contributed by atoms with Crippen LogP contribution in [0.15, 0.2) is 23.1 Å². The van der Waals surface area contributed by atoms with Crippen molar-refractivity contribution in [3.8, 4) is 0 Å². The molecule has 0 aliphatic rings. The van der Waals surface area contributed by atoms with Gasteiger partial charge in [-0.05, 0) is 50.1 Å². The molecule has 0 radical (unpaired) electrons. The molecule has 2 N–H and O–H groups in total. The van der Waals surface area contributed by atoms with Crippen molar-refractivity contribution in [3.05, 3.63) is 29.3 Å². The second-order valence-electron chi connectivity index (χ2n) is 4.98. The summed E-state index contributed by atoms with van der Waals surface area (Å²) in [5, 5.41) is 3.04. The van der Waals surface area contributed by atoms with Crippen molar-refractivity contribution in [3.63, 3.8) is 0 Å². The van der Waals surface area contributed by atoms with Gasteiger partial charge in [0, 0.05) is 26.3 Å². The molecule has 21 heavy (non-hydrogen) atoms. The van der Waals surface area contributed by atoms with Crippen LogP contribution in [0.5, 0.6) is 0 Å². The van der Waals surface area contributed by atoms with Gasteiger partial charge in [0.05, 0.1) is 4.90 Å². The summed E-state index contributed by atoms with van der Waals surface area (Å²) in [6.07, 6.45) is 1.65. The van der Waals surface area contributed by atoms with Crippen molar-refractivity contribution < 1.29 is 13.2 Å². The highest BCUT2D eigenvalue weighted by Gasteiger charge is 2.14. The number of hydrogen-bond acceptors (Lipinski definition) is 4. The first-order valence-corrected chi connectivity index (χ1v) is 8.81. The normalized spacial score (nSPS) is 11.8. The summed E-state index contributed by atoms with van der Waals surface area (Å²) >= 11 is 0. The van der Waals surface area contributed by atoms with E-state index < -0.39 is 10.0 Å². The molecule has 0 heterocycles. The number of ether oxygens (including phenoxy) is 1. The van der Waals surface area contributed by atoms with E-state index in [-0.39, 0.29) is 0 Å². The Labute approximate surface area is 128 Å². The monoisotopic (exact) mass is 314 g/mol. The molecular formula is C15H26N2O3S. The number of hydrogen-bond donors (Lipinski definition) is 2. The van der Waals surface area contributed by atoms with Crippen LogP contribution < -0.4 is 10.0 Å². The summed E-state index contributed by atoms with van der Waals surface area (Å²) in [6, 6.07) is 5.21. The van der Waals surface area contributed by atoms with Crippen LogP contribution >= 0.6 is 0 Å². The summed E-state index contributed by atoms with van der Waals surface area (Å²) in [5.74, 6) is 0. The number of rotatable bonds is 10. The minimum Gasteiger partial charge on any atom is -0.381 e. The summed E-state index contributed by atoms with van der Waals surface area (Å²) in [5.41, 5.74) is 2.07. The van der Waals surface area contributed by atoms with E-state index in [0.717, 1.165) is 24.2 Å². The fourth-order valence-electron chi connectivity index (χ4n) is 1.91. The molecule has 0 saturated carbocycles. The molecule has 1 aromatic carbocycles. The molecule has 0 atom stereocenters. The second-order valence-corrected chi connectivity index (χ2v) is 6.75. The van der Waals surface area contributed by atoms with Crippen molar-refractivity contribution in [1.82, 2.24) is 10.0 Å². The van der Waals surface area contributed by atoms with Gasteiger partial charge in [0.1, 0.15) is 0 Å². The van der Waals surface area contributed by atoms with E-state index in [0.29, 0.717) is 31.0 Å². The highest BCUT2D eigenvalue weighted by molar-refractivity contribution is 7.89. The molecular weight excluding hydrogens is 288 g/mol. The maximum atomic E-state index is 12.2. The molecule has 0 saturated heterocycles. The molecule has 0 aliphatic carbocycles. The van der Waals surface area contributed by atoms with E-state index in [9.17, 15) is 8.42 Å². The number of aryl methyl sites for hydroxylation is 1. The summed E-state index contributed by atoms with van der Waals surface area (Å²) in [7, 11) is -1.60. The maximum absolute atomic E-state index is 12.2. The number of nitrogens with one attached hydrogen (secondary N) is 2. The van der Waals surface area contributed by atoms with Crippen LogP contribution in [0.4, 0.5) is 0 Å². The first-order chi connectivity index (χ1) is 10.0. The first-order valence-electron chi connectivity index (χ1n) is 7.32. The SMILES string of the molecule is CCCOCCCNS(=O)(=O)c1ccc(C)c(CNC)c1. The predicted octanol–water partition coefficient (Wildman–Crippen LogP) is 1.81. The summed E-state index contributed by atoms with van der Waals surface area (Å²) in [6.45, 7) is 6.36. The lowest BCUT2D eigenvalue weighted by molar-refractivity contribution is 0.133. The molecule has 6 heteroatoms. The van der Waals surface area contributed by atoms with Crippen molar-refractivity contribution >= 4 is 10.0 Å². The topological polar surface area (TPSA) is 67.4 Å². The number of sulfonamides is 1. The van der Waals surface area contributed by atoms with Crippen LogP contribution in [0, 0.1) is 6.92 Å². The van der Waals surface area contributed by atoms with Gasteiger partial charge in [0.25, 0.3) is 0 Å². The maximum Gasteiger partial charge on any atom is 0.240 e. The molecule has 0 fully saturated rings. The van der Waals surface area contributed by atoms with Crippen molar-refractivity contribution in [2.75, 3.05) is 26.8 Å². The molecule has 0 aliphatic heterocycles. The van der Waals surface area contributed by atoms with E-state index in [4.69, 9.17) is 4.74 Å². The van der Waals surface area contributed by atoms with E-state index in [1.807, 2.05) is 27.0 Å². The zero-order valence-electron chi connectivity index (χ0n) is 13.1. The van der Waals surface area contributed by atoms with Crippen LogP contribution in [0.2, 0.25) is 0 Å². The van der Waals surface area contributed by atoms with Gasteiger partial charge in [0.2, 0.25) is 10.0 Å². The molecule has 0 spiro atoms. The lowest BCUT2D eigenvalue weighted by atomic mass is 10.1. The minimum atomic E-state index is -3.44. The van der Waals surface area contributed by atoms with Gasteiger partial charge < -0.3 is 10.1 Å². The predicted molar refractivity (Wildman–Crippen MR) is 84.9 cm³/mol. The summed E-state index contributed by atoms with van der Waals surface area (Å²) < 4.78 is 32.4. The zero-order chi connectivity index (χ0) is 15.7. The standard InChI is InChI=1S/C15H26N2O3S/c1-4-9-20-10-5-8-17-21(18,19)15-7-6-13(2)14(11-15)12-16-3/h6-7,11,16-17H,4-5,8-10,12H2,1-3H3. The Bertz CT molecular complexity index is 530. The smallest absolute Gasteiger partial charge is 0.240 e. The lowest BCUT2D eigenvalue weighted by Gasteiger charge is -2.10. The van der Waals surface area contributed by atoms with E-state index >= 15 is 0 Å². The van der Waals surface area contributed by atoms with E-state index in [1.165, 1.54) is 0 Å². The Balaban J connectivity index is 2.59. The molecule has 5 nitrogen and oxygen atoms in total. The Morgan fingerprint density at radius 2 is 2.00 bits per heavy atom. The molecule has 0 bridgehead atoms. The van der Waals surface area contributed by atoms with Crippen molar-refractivity contribution in [1.29, 1.82) is 0 Å². The third-order valence-corrected chi connectivity index (χ3v) is 4.56. The van der Waals surface area contributed by atoms with Gasteiger partial charge in [-0.25, -0.2) is 13.1 Å². The Morgan fingerprint density at radius 3 is 2.67 bits per heavy atom. The van der Waals surface area contributed by atoms with Crippen LogP contribution in [0.3, 0.4) is 0 Å². The molecule has 0 unspecified atom stereocenters. The highest BCUT2D eigenvalue weighted by Crippen LogP contribution is 2.15. The Hall–Kier alpha value is -0.950. The van der Waals surface area contributed by atoms with E-state index in [1.54, 1.807) is 12.1 Å². The average Bonchev–Trinajstić information content (AvgIpc) is 2.45. The minimum absolute atomic E-state index is 0.313. The van der Waals surface area contributed by atoms with Gasteiger partial charge in [0.15, 0.2) is 0 Å². The molecule has 120 valence electrons. The quantitative estimate of drug-likeness (QED) is 0.646. The molecule has 0 amide bonds. The summed E-state index contributed by atoms with van der Waals surface area (Å²) in [4.78, 5) is 0.313.